The standard InChI is InChI=1S/C20H19FN2O3/c1-3-11-26-16-9-7-13(8-10-16)17-18(20(25)23(2)19(17)24)22-15-6-4-5-14(21)12-15/h4-10,12,22H,3,11H2,1-2H3. The molecule has 0 aliphatic carbocycles. The number of carbonyl (C=O) groups excluding carboxylic acids is 2. The number of nitrogens with zero attached hydrogens (tertiary/aromatic N) is 1. The van der Waals surface area contributed by atoms with Gasteiger partial charge in [-0.15, -0.1) is 0 Å². The van der Waals surface area contributed by atoms with Crippen LogP contribution in [-0.2, 0) is 9.59 Å². The lowest BCUT2D eigenvalue weighted by Gasteiger charge is -2.09. The summed E-state index contributed by atoms with van der Waals surface area (Å²) in [6.45, 7) is 2.62. The van der Waals surface area contributed by atoms with Crippen LogP contribution in [0, 0.1) is 5.82 Å². The van der Waals surface area contributed by atoms with Crippen molar-refractivity contribution in [1.29, 1.82) is 0 Å². The van der Waals surface area contributed by atoms with Crippen molar-refractivity contribution in [1.82, 2.24) is 4.90 Å². The minimum atomic E-state index is -0.458. The molecule has 6 heteroatoms. The van der Waals surface area contributed by atoms with Crippen LogP contribution >= 0.6 is 0 Å². The number of nitrogens with one attached hydrogen (secondary N) is 1. The number of imide groups is 1. The monoisotopic (exact) mass is 354 g/mol. The number of rotatable bonds is 6. The minimum Gasteiger partial charge on any atom is -0.494 e. The summed E-state index contributed by atoms with van der Waals surface area (Å²) in [5.41, 5.74) is 1.38. The van der Waals surface area contributed by atoms with Gasteiger partial charge in [-0.05, 0) is 42.3 Å². The Bertz CT molecular complexity index is 875. The Hall–Kier alpha value is -3.15. The van der Waals surface area contributed by atoms with Gasteiger partial charge in [0.1, 0.15) is 17.3 Å². The van der Waals surface area contributed by atoms with Gasteiger partial charge in [-0.1, -0.05) is 25.1 Å². The number of hydrogen-bond donors (Lipinski definition) is 1. The first-order chi connectivity index (χ1) is 12.5. The van der Waals surface area contributed by atoms with Gasteiger partial charge in [-0.2, -0.15) is 0 Å². The summed E-state index contributed by atoms with van der Waals surface area (Å²) in [6.07, 6.45) is 0.895. The molecule has 26 heavy (non-hydrogen) atoms. The highest BCUT2D eigenvalue weighted by Crippen LogP contribution is 2.30. The smallest absolute Gasteiger partial charge is 0.277 e. The van der Waals surface area contributed by atoms with Crippen molar-refractivity contribution in [2.75, 3.05) is 19.0 Å². The maximum atomic E-state index is 13.4. The zero-order valence-corrected chi connectivity index (χ0v) is 14.6. The first-order valence-electron chi connectivity index (χ1n) is 8.33. The number of halogens is 1. The van der Waals surface area contributed by atoms with Crippen LogP contribution in [0.25, 0.3) is 5.57 Å². The molecule has 0 saturated heterocycles. The van der Waals surface area contributed by atoms with E-state index in [0.717, 1.165) is 11.3 Å². The second-order valence-corrected chi connectivity index (χ2v) is 5.93. The number of carbonyl (C=O) groups is 2. The third kappa shape index (κ3) is 3.44. The minimum absolute atomic E-state index is 0.130. The maximum absolute atomic E-state index is 13.4. The summed E-state index contributed by atoms with van der Waals surface area (Å²) in [5, 5.41) is 2.89. The summed E-state index contributed by atoms with van der Waals surface area (Å²) >= 11 is 0. The summed E-state index contributed by atoms with van der Waals surface area (Å²) in [5.74, 6) is -0.600. The van der Waals surface area contributed by atoms with E-state index in [2.05, 4.69) is 5.32 Å². The Labute approximate surface area is 151 Å². The molecular weight excluding hydrogens is 335 g/mol. The van der Waals surface area contributed by atoms with Crippen LogP contribution in [-0.4, -0.2) is 30.4 Å². The highest BCUT2D eigenvalue weighted by molar-refractivity contribution is 6.36. The fourth-order valence-electron chi connectivity index (χ4n) is 2.67. The molecule has 3 rings (SSSR count). The summed E-state index contributed by atoms with van der Waals surface area (Å²) in [7, 11) is 1.42. The van der Waals surface area contributed by atoms with E-state index in [9.17, 15) is 14.0 Å². The molecule has 1 heterocycles. The fraction of sp³-hybridized carbons (Fsp3) is 0.200. The molecule has 1 aliphatic rings. The van der Waals surface area contributed by atoms with Gasteiger partial charge in [0, 0.05) is 12.7 Å². The first-order valence-corrected chi connectivity index (χ1v) is 8.33. The van der Waals surface area contributed by atoms with E-state index in [1.165, 1.54) is 25.2 Å². The predicted octanol–water partition coefficient (Wildman–Crippen LogP) is 3.44. The quantitative estimate of drug-likeness (QED) is 0.808. The lowest BCUT2D eigenvalue weighted by Crippen LogP contribution is -2.27. The van der Waals surface area contributed by atoms with E-state index >= 15 is 0 Å². The molecule has 1 N–H and O–H groups in total. The second-order valence-electron chi connectivity index (χ2n) is 5.93. The molecule has 0 bridgehead atoms. The largest absolute Gasteiger partial charge is 0.494 e. The van der Waals surface area contributed by atoms with Gasteiger partial charge in [0.2, 0.25) is 0 Å². The molecule has 0 atom stereocenters. The van der Waals surface area contributed by atoms with Crippen molar-refractivity contribution < 1.29 is 18.7 Å². The Morgan fingerprint density at radius 3 is 2.46 bits per heavy atom. The molecule has 0 spiro atoms. The Balaban J connectivity index is 1.97. The van der Waals surface area contributed by atoms with E-state index in [4.69, 9.17) is 4.74 Å². The van der Waals surface area contributed by atoms with Crippen LogP contribution in [0.3, 0.4) is 0 Å². The van der Waals surface area contributed by atoms with Crippen LogP contribution in [0.2, 0.25) is 0 Å². The number of amides is 2. The number of anilines is 1. The Kier molecular flexibility index (Phi) is 5.02. The van der Waals surface area contributed by atoms with Gasteiger partial charge in [-0.3, -0.25) is 14.5 Å². The zero-order chi connectivity index (χ0) is 18.7. The average molecular weight is 354 g/mol. The van der Waals surface area contributed by atoms with Gasteiger partial charge in [0.25, 0.3) is 11.8 Å². The SMILES string of the molecule is CCCOc1ccc(C2=C(Nc3cccc(F)c3)C(=O)N(C)C2=O)cc1. The van der Waals surface area contributed by atoms with Crippen LogP contribution in [0.15, 0.2) is 54.2 Å². The van der Waals surface area contributed by atoms with Crippen LogP contribution in [0.1, 0.15) is 18.9 Å². The van der Waals surface area contributed by atoms with E-state index in [1.807, 2.05) is 6.92 Å². The highest BCUT2D eigenvalue weighted by Gasteiger charge is 2.36. The Morgan fingerprint density at radius 2 is 1.81 bits per heavy atom. The van der Waals surface area contributed by atoms with E-state index in [-0.39, 0.29) is 11.3 Å². The molecule has 1 aliphatic heterocycles. The van der Waals surface area contributed by atoms with Crippen molar-refractivity contribution in [3.63, 3.8) is 0 Å². The van der Waals surface area contributed by atoms with Gasteiger partial charge >= 0.3 is 0 Å². The van der Waals surface area contributed by atoms with E-state index < -0.39 is 17.6 Å². The molecule has 0 fully saturated rings. The highest BCUT2D eigenvalue weighted by atomic mass is 19.1. The fourth-order valence-corrected chi connectivity index (χ4v) is 2.67. The molecule has 2 amide bonds. The molecular formula is C20H19FN2O3. The number of ether oxygens (including phenoxy) is 1. The lowest BCUT2D eigenvalue weighted by molar-refractivity contribution is -0.135. The molecule has 0 aromatic heterocycles. The molecule has 0 saturated carbocycles. The van der Waals surface area contributed by atoms with Crippen molar-refractivity contribution in [3.05, 3.63) is 65.6 Å². The van der Waals surface area contributed by atoms with Gasteiger partial charge in [-0.25, -0.2) is 4.39 Å². The van der Waals surface area contributed by atoms with Crippen molar-refractivity contribution in [2.45, 2.75) is 13.3 Å². The molecule has 134 valence electrons. The Morgan fingerprint density at radius 1 is 1.08 bits per heavy atom. The average Bonchev–Trinajstić information content (AvgIpc) is 2.85. The van der Waals surface area contributed by atoms with Crippen molar-refractivity contribution in [3.8, 4) is 5.75 Å². The summed E-state index contributed by atoms with van der Waals surface area (Å²) in [4.78, 5) is 26.0. The van der Waals surface area contributed by atoms with Gasteiger partial charge in [0.15, 0.2) is 0 Å². The van der Waals surface area contributed by atoms with Gasteiger partial charge in [0.05, 0.1) is 12.2 Å². The molecule has 0 unspecified atom stereocenters. The third-order valence-electron chi connectivity index (χ3n) is 4.00. The third-order valence-corrected chi connectivity index (χ3v) is 4.00. The first kappa shape index (κ1) is 17.7. The van der Waals surface area contributed by atoms with Crippen LogP contribution < -0.4 is 10.1 Å². The molecule has 2 aromatic carbocycles. The number of benzene rings is 2. The summed E-state index contributed by atoms with van der Waals surface area (Å²) < 4.78 is 19.0. The molecule has 0 radical (unpaired) electrons. The van der Waals surface area contributed by atoms with Gasteiger partial charge < -0.3 is 10.1 Å². The van der Waals surface area contributed by atoms with Crippen molar-refractivity contribution in [2.24, 2.45) is 0 Å². The van der Waals surface area contributed by atoms with E-state index in [1.54, 1.807) is 30.3 Å². The number of hydrogen-bond acceptors (Lipinski definition) is 4. The predicted molar refractivity (Wildman–Crippen MR) is 96.9 cm³/mol. The lowest BCUT2D eigenvalue weighted by atomic mass is 10.0. The van der Waals surface area contributed by atoms with Crippen molar-refractivity contribution >= 4 is 23.1 Å². The zero-order valence-electron chi connectivity index (χ0n) is 14.6. The topological polar surface area (TPSA) is 58.6 Å². The second kappa shape index (κ2) is 7.39. The summed E-state index contributed by atoms with van der Waals surface area (Å²) in [6, 6.07) is 12.7. The maximum Gasteiger partial charge on any atom is 0.277 e. The number of likely N-dealkylation sites (N-methyl/N-ethyl adjacent to an activating group) is 1. The molecule has 5 nitrogen and oxygen atoms in total. The van der Waals surface area contributed by atoms with Crippen LogP contribution in [0.4, 0.5) is 10.1 Å². The van der Waals surface area contributed by atoms with Crippen LogP contribution in [0.5, 0.6) is 5.75 Å². The molecule has 2 aromatic rings. The van der Waals surface area contributed by atoms with E-state index in [0.29, 0.717) is 23.6 Å². The normalized spacial score (nSPS) is 14.2.